The molecule has 0 spiro atoms. The first-order chi connectivity index (χ1) is 15.5. The van der Waals surface area contributed by atoms with Gasteiger partial charge in [0.05, 0.1) is 11.8 Å². The molecule has 0 fully saturated rings. The topological polar surface area (TPSA) is 109 Å². The number of rotatable bonds is 12. The van der Waals surface area contributed by atoms with Crippen LogP contribution in [0.3, 0.4) is 0 Å². The number of nitrogens with two attached hydrogens (primary N) is 1. The van der Waals surface area contributed by atoms with Crippen LogP contribution in [-0.2, 0) is 30.0 Å². The van der Waals surface area contributed by atoms with E-state index in [0.717, 1.165) is 5.56 Å². The zero-order valence-electron chi connectivity index (χ0n) is 22.1. The molecular formula is C25H42BN2O6. The van der Waals surface area contributed by atoms with Gasteiger partial charge in [-0.3, -0.25) is 0 Å². The number of ether oxygens (including phenoxy) is 2. The molecule has 0 aliphatic carbocycles. The number of alkyl carbamates (subject to hydrolysis) is 1. The van der Waals surface area contributed by atoms with Crippen LogP contribution in [0.1, 0.15) is 74.3 Å². The average Bonchev–Trinajstić information content (AvgIpc) is 2.65. The predicted molar refractivity (Wildman–Crippen MR) is 133 cm³/mol. The van der Waals surface area contributed by atoms with Crippen LogP contribution in [0.4, 0.5) is 4.79 Å². The Morgan fingerprint density at radius 2 is 1.56 bits per heavy atom. The summed E-state index contributed by atoms with van der Waals surface area (Å²) in [7, 11) is 1.20. The zero-order chi connectivity index (χ0) is 26.2. The van der Waals surface area contributed by atoms with Crippen molar-refractivity contribution in [3.05, 3.63) is 35.9 Å². The van der Waals surface area contributed by atoms with Crippen LogP contribution in [0.25, 0.3) is 0 Å². The molecule has 3 N–H and O–H groups in total. The van der Waals surface area contributed by atoms with Gasteiger partial charge in [-0.2, -0.15) is 0 Å². The van der Waals surface area contributed by atoms with Gasteiger partial charge in [-0.1, -0.05) is 44.2 Å². The summed E-state index contributed by atoms with van der Waals surface area (Å²) in [5.41, 5.74) is 4.07. The summed E-state index contributed by atoms with van der Waals surface area (Å²) < 4.78 is 22.4. The van der Waals surface area contributed by atoms with E-state index in [1.807, 2.05) is 44.2 Å². The number of hydrogen-bond acceptors (Lipinski definition) is 7. The van der Waals surface area contributed by atoms with E-state index in [2.05, 4.69) is 5.32 Å². The van der Waals surface area contributed by atoms with Crippen molar-refractivity contribution in [3.63, 3.8) is 0 Å². The summed E-state index contributed by atoms with van der Waals surface area (Å²) >= 11 is 0. The number of carbonyl (C=O) groups excluding carboxylic acids is 2. The molecule has 9 heteroatoms. The third-order valence-electron chi connectivity index (χ3n) is 5.34. The lowest BCUT2D eigenvalue weighted by Gasteiger charge is -2.41. The van der Waals surface area contributed by atoms with Crippen molar-refractivity contribution in [2.24, 2.45) is 11.7 Å². The Hall–Kier alpha value is -2.10. The fourth-order valence-electron chi connectivity index (χ4n) is 2.82. The molecule has 0 bridgehead atoms. The highest BCUT2D eigenvalue weighted by atomic mass is 16.6. The molecule has 2 atom stereocenters. The van der Waals surface area contributed by atoms with Gasteiger partial charge in [0.15, 0.2) is 0 Å². The summed E-state index contributed by atoms with van der Waals surface area (Å²) in [6.45, 7) is 16.4. The highest BCUT2D eigenvalue weighted by Crippen LogP contribution is 2.29. The number of esters is 1. The van der Waals surface area contributed by atoms with E-state index in [4.69, 9.17) is 24.5 Å². The lowest BCUT2D eigenvalue weighted by Crippen LogP contribution is -2.55. The summed E-state index contributed by atoms with van der Waals surface area (Å²) in [4.78, 5) is 25.6. The molecule has 1 unspecified atom stereocenters. The molecular weight excluding hydrogens is 435 g/mol. The highest BCUT2D eigenvalue weighted by Gasteiger charge is 2.43. The summed E-state index contributed by atoms with van der Waals surface area (Å²) in [5.74, 6) is -0.221. The Bertz CT molecular complexity index is 777. The minimum atomic E-state index is -1.07. The molecule has 1 radical (unpaired) electrons. The standard InChI is InChI=1S/C25H42BN2O6/c1-17(2)15-20(27)33-26-34-25(8,9)24(6,7)31-21(29)19(16-18-13-11-10-12-14-18)28-22(30)32-23(3,4)5/h10-14,17,19-20H,15-16,27H2,1-9H3,(H,28,30)/t19-,20?/m0/s1. The minimum Gasteiger partial charge on any atom is -0.455 e. The number of carbonyl (C=O) groups is 2. The first-order valence-electron chi connectivity index (χ1n) is 11.7. The lowest BCUT2D eigenvalue weighted by molar-refractivity contribution is -0.180. The van der Waals surface area contributed by atoms with Crippen molar-refractivity contribution >= 4 is 19.7 Å². The number of nitrogens with one attached hydrogen (secondary N) is 1. The van der Waals surface area contributed by atoms with Crippen LogP contribution in [0.2, 0.25) is 0 Å². The SMILES string of the molecule is CC(C)CC(N)O[B]OC(C)(C)C(C)(C)OC(=O)[C@H](Cc1ccccc1)NC(=O)OC(C)(C)C. The van der Waals surface area contributed by atoms with E-state index in [0.29, 0.717) is 12.3 Å². The van der Waals surface area contributed by atoms with Gasteiger partial charge in [-0.15, -0.1) is 0 Å². The second-order valence-electron chi connectivity index (χ2n) is 10.8. The Kier molecular flexibility index (Phi) is 11.1. The second kappa shape index (κ2) is 12.6. The predicted octanol–water partition coefficient (Wildman–Crippen LogP) is 4.12. The molecule has 1 aromatic rings. The number of amides is 1. The molecule has 0 aliphatic heterocycles. The maximum absolute atomic E-state index is 13.2. The Balaban J connectivity index is 2.88. The maximum Gasteiger partial charge on any atom is 0.489 e. The van der Waals surface area contributed by atoms with Crippen molar-refractivity contribution in [1.82, 2.24) is 5.32 Å². The maximum atomic E-state index is 13.2. The fourth-order valence-corrected chi connectivity index (χ4v) is 2.82. The van der Waals surface area contributed by atoms with Gasteiger partial charge in [-0.25, -0.2) is 9.59 Å². The summed E-state index contributed by atoms with van der Waals surface area (Å²) in [5, 5.41) is 2.65. The van der Waals surface area contributed by atoms with Gasteiger partial charge in [0.2, 0.25) is 0 Å². The van der Waals surface area contributed by atoms with Gasteiger partial charge in [0.1, 0.15) is 17.2 Å². The third-order valence-corrected chi connectivity index (χ3v) is 5.34. The van der Waals surface area contributed by atoms with Gasteiger partial charge < -0.3 is 29.8 Å². The van der Waals surface area contributed by atoms with Crippen LogP contribution in [0.5, 0.6) is 0 Å². The van der Waals surface area contributed by atoms with Crippen LogP contribution >= 0.6 is 0 Å². The van der Waals surface area contributed by atoms with Gasteiger partial charge in [-0.05, 0) is 66.4 Å². The summed E-state index contributed by atoms with van der Waals surface area (Å²) in [6.07, 6.45) is -0.263. The molecule has 1 rings (SSSR count). The van der Waals surface area contributed by atoms with Crippen molar-refractivity contribution in [2.75, 3.05) is 0 Å². The quantitative estimate of drug-likeness (QED) is 0.265. The molecule has 8 nitrogen and oxygen atoms in total. The molecule has 34 heavy (non-hydrogen) atoms. The monoisotopic (exact) mass is 477 g/mol. The zero-order valence-corrected chi connectivity index (χ0v) is 22.1. The van der Waals surface area contributed by atoms with Gasteiger partial charge in [0.25, 0.3) is 0 Å². The first kappa shape index (κ1) is 29.9. The molecule has 0 saturated heterocycles. The number of benzene rings is 1. The van der Waals surface area contributed by atoms with E-state index in [-0.39, 0.29) is 6.42 Å². The van der Waals surface area contributed by atoms with Crippen LogP contribution in [0, 0.1) is 5.92 Å². The van der Waals surface area contributed by atoms with Gasteiger partial charge in [0, 0.05) is 6.42 Å². The molecule has 1 aromatic carbocycles. The Morgan fingerprint density at radius 3 is 2.09 bits per heavy atom. The molecule has 0 heterocycles. The van der Waals surface area contributed by atoms with E-state index in [1.54, 1.807) is 48.5 Å². The Labute approximate surface area is 205 Å². The smallest absolute Gasteiger partial charge is 0.455 e. The van der Waals surface area contributed by atoms with Crippen molar-refractivity contribution < 1.29 is 28.4 Å². The van der Waals surface area contributed by atoms with E-state index < -0.39 is 41.1 Å². The first-order valence-corrected chi connectivity index (χ1v) is 11.7. The molecule has 0 aliphatic rings. The lowest BCUT2D eigenvalue weighted by atomic mass is 9.88. The van der Waals surface area contributed by atoms with E-state index in [1.165, 1.54) is 7.69 Å². The Morgan fingerprint density at radius 1 is 0.971 bits per heavy atom. The highest BCUT2D eigenvalue weighted by molar-refractivity contribution is 6.18. The molecule has 0 aromatic heterocycles. The second-order valence-corrected chi connectivity index (χ2v) is 10.8. The van der Waals surface area contributed by atoms with Crippen molar-refractivity contribution in [1.29, 1.82) is 0 Å². The number of hydrogen-bond donors (Lipinski definition) is 2. The minimum absolute atomic E-state index is 0.246. The van der Waals surface area contributed by atoms with E-state index >= 15 is 0 Å². The van der Waals surface area contributed by atoms with Crippen molar-refractivity contribution in [3.8, 4) is 0 Å². The van der Waals surface area contributed by atoms with Crippen LogP contribution in [0.15, 0.2) is 30.3 Å². The molecule has 0 saturated carbocycles. The van der Waals surface area contributed by atoms with Crippen molar-refractivity contribution in [2.45, 2.75) is 104 Å². The third kappa shape index (κ3) is 10.9. The van der Waals surface area contributed by atoms with Crippen LogP contribution < -0.4 is 11.1 Å². The van der Waals surface area contributed by atoms with E-state index in [9.17, 15) is 9.59 Å². The largest absolute Gasteiger partial charge is 0.489 e. The average molecular weight is 477 g/mol. The normalized spacial score (nSPS) is 14.3. The molecule has 191 valence electrons. The summed E-state index contributed by atoms with van der Waals surface area (Å²) in [6, 6.07) is 8.42. The van der Waals surface area contributed by atoms with Gasteiger partial charge >= 0.3 is 19.7 Å². The van der Waals surface area contributed by atoms with Crippen LogP contribution in [-0.4, -0.2) is 48.8 Å². The molecule has 1 amide bonds. The fraction of sp³-hybridized carbons (Fsp3) is 0.680.